The molecule has 1 N–H and O–H groups in total. The molecule has 5 heteroatoms. The molecule has 3 saturated heterocycles. The summed E-state index contributed by atoms with van der Waals surface area (Å²) in [6.45, 7) is 4.79. The van der Waals surface area contributed by atoms with Gasteiger partial charge in [0.05, 0.1) is 18.8 Å². The van der Waals surface area contributed by atoms with Crippen LogP contribution in [0.4, 0.5) is 5.69 Å². The lowest BCUT2D eigenvalue weighted by atomic mass is 9.53. The van der Waals surface area contributed by atoms with Crippen molar-refractivity contribution in [3.63, 3.8) is 0 Å². The van der Waals surface area contributed by atoms with Gasteiger partial charge >= 0.3 is 0 Å². The maximum atomic E-state index is 12.9. The van der Waals surface area contributed by atoms with Crippen LogP contribution in [0, 0.1) is 17.8 Å². The van der Waals surface area contributed by atoms with Gasteiger partial charge in [0.2, 0.25) is 0 Å². The Kier molecular flexibility index (Phi) is 3.06. The smallest absolute Gasteiger partial charge is 0.252 e. The van der Waals surface area contributed by atoms with Gasteiger partial charge in [-0.05, 0) is 43.9 Å². The summed E-state index contributed by atoms with van der Waals surface area (Å²) in [5.41, 5.74) is 2.37. The van der Waals surface area contributed by atoms with Crippen molar-refractivity contribution in [1.82, 2.24) is 4.90 Å². The molecule has 5 nitrogen and oxygen atoms in total. The van der Waals surface area contributed by atoms with Crippen LogP contribution in [0.15, 0.2) is 24.3 Å². The summed E-state index contributed by atoms with van der Waals surface area (Å²) in [4.78, 5) is 17.5. The van der Waals surface area contributed by atoms with Crippen molar-refractivity contribution in [2.75, 3.05) is 31.2 Å². The summed E-state index contributed by atoms with van der Waals surface area (Å²) >= 11 is 0. The molecule has 4 heterocycles. The zero-order valence-electron chi connectivity index (χ0n) is 15.2. The third-order valence-corrected chi connectivity index (χ3v) is 8.32. The quantitative estimate of drug-likeness (QED) is 0.828. The Morgan fingerprint density at radius 1 is 1.31 bits per heavy atom. The second-order valence-corrected chi connectivity index (χ2v) is 8.95. The Labute approximate surface area is 153 Å². The van der Waals surface area contributed by atoms with E-state index < -0.39 is 6.61 Å². The van der Waals surface area contributed by atoms with Crippen molar-refractivity contribution in [3.05, 3.63) is 29.8 Å². The van der Waals surface area contributed by atoms with Gasteiger partial charge in [-0.15, -0.1) is 0 Å². The number of piperidine rings is 1. The summed E-state index contributed by atoms with van der Waals surface area (Å²) in [7, 11) is 0. The number of rotatable bonds is 1. The minimum atomic E-state index is -0.423. The van der Waals surface area contributed by atoms with Crippen molar-refractivity contribution >= 4 is 11.6 Å². The van der Waals surface area contributed by atoms with E-state index in [2.05, 4.69) is 30.0 Å². The Morgan fingerprint density at radius 2 is 2.15 bits per heavy atom. The highest BCUT2D eigenvalue weighted by Crippen LogP contribution is 2.64. The summed E-state index contributed by atoms with van der Waals surface area (Å²) in [6, 6.07) is 9.08. The lowest BCUT2D eigenvalue weighted by Crippen LogP contribution is -2.69. The summed E-state index contributed by atoms with van der Waals surface area (Å²) < 4.78 is 6.24. The number of aliphatic hydroxyl groups is 1. The van der Waals surface area contributed by atoms with Gasteiger partial charge in [0.15, 0.2) is 0 Å². The van der Waals surface area contributed by atoms with Crippen molar-refractivity contribution in [1.29, 1.82) is 0 Å². The van der Waals surface area contributed by atoms with Crippen molar-refractivity contribution in [3.8, 4) is 0 Å². The van der Waals surface area contributed by atoms with Gasteiger partial charge in [-0.2, -0.15) is 0 Å². The van der Waals surface area contributed by atoms with Gasteiger partial charge < -0.3 is 14.7 Å². The summed E-state index contributed by atoms with van der Waals surface area (Å²) in [5, 5.41) is 9.72. The van der Waals surface area contributed by atoms with Crippen LogP contribution in [-0.4, -0.2) is 60.4 Å². The molecule has 1 amide bonds. The van der Waals surface area contributed by atoms with E-state index in [1.165, 1.54) is 12.0 Å². The molecule has 7 unspecified atom stereocenters. The average molecular weight is 354 g/mol. The molecule has 7 atom stereocenters. The van der Waals surface area contributed by atoms with E-state index in [1.807, 2.05) is 11.0 Å². The van der Waals surface area contributed by atoms with Gasteiger partial charge in [0.1, 0.15) is 6.61 Å². The molecule has 1 saturated carbocycles. The fraction of sp³-hybridized carbons (Fsp3) is 0.667. The summed E-state index contributed by atoms with van der Waals surface area (Å²) in [5.74, 6) is 1.40. The molecular formula is C21H26N2O3. The molecule has 4 fully saturated rings. The maximum Gasteiger partial charge on any atom is 0.252 e. The standard InChI is InChI=1S/C21H26N2O3/c1-12-14-9-22-7-6-21-16-4-2-3-5-17(16)23(19(25)10-24)20(21)15(11-26-12)13(14)8-18(21)22/h2-5,12-15,18,20,24H,6-11H2,1H3. The van der Waals surface area contributed by atoms with E-state index in [0.29, 0.717) is 29.9 Å². The fourth-order valence-corrected chi connectivity index (χ4v) is 7.43. The third kappa shape index (κ3) is 1.62. The molecule has 0 aromatic heterocycles. The molecule has 4 aliphatic heterocycles. The minimum absolute atomic E-state index is 0.0114. The van der Waals surface area contributed by atoms with Gasteiger partial charge in [0, 0.05) is 35.5 Å². The van der Waals surface area contributed by atoms with Crippen LogP contribution in [0.25, 0.3) is 0 Å². The average Bonchev–Trinajstić information content (AvgIpc) is 3.20. The number of fused-ring (bicyclic) bond motifs is 2. The van der Waals surface area contributed by atoms with Gasteiger partial charge in [-0.1, -0.05) is 18.2 Å². The first kappa shape index (κ1) is 15.6. The molecular weight excluding hydrogens is 328 g/mol. The first-order chi connectivity index (χ1) is 12.7. The Balaban J connectivity index is 1.58. The van der Waals surface area contributed by atoms with Gasteiger partial charge in [-0.25, -0.2) is 0 Å². The molecule has 0 radical (unpaired) electrons. The monoisotopic (exact) mass is 354 g/mol. The number of hydrogen-bond acceptors (Lipinski definition) is 4. The zero-order chi connectivity index (χ0) is 17.6. The highest BCUT2D eigenvalue weighted by molar-refractivity contribution is 5.98. The van der Waals surface area contributed by atoms with Crippen LogP contribution >= 0.6 is 0 Å². The van der Waals surface area contributed by atoms with Gasteiger partial charge in [-0.3, -0.25) is 9.69 Å². The van der Waals surface area contributed by atoms with Crippen LogP contribution < -0.4 is 4.90 Å². The largest absolute Gasteiger partial charge is 0.387 e. The molecule has 6 rings (SSSR count). The van der Waals surface area contributed by atoms with Crippen molar-refractivity contribution in [2.45, 2.75) is 43.4 Å². The molecule has 1 spiro atoms. The Morgan fingerprint density at radius 3 is 3.00 bits per heavy atom. The highest BCUT2D eigenvalue weighted by Gasteiger charge is 2.69. The number of carbonyl (C=O) groups excluding carboxylic acids is 1. The molecule has 1 aromatic rings. The number of para-hydroxylation sites is 1. The molecule has 2 bridgehead atoms. The maximum absolute atomic E-state index is 12.9. The topological polar surface area (TPSA) is 53.0 Å². The number of nitrogens with zero attached hydrogens (tertiary/aromatic N) is 2. The Hall–Kier alpha value is -1.43. The number of aliphatic hydroxyl groups excluding tert-OH is 1. The number of hydrogen-bond donors (Lipinski definition) is 1. The normalized spacial score (nSPS) is 45.4. The van der Waals surface area contributed by atoms with Crippen LogP contribution in [0.3, 0.4) is 0 Å². The van der Waals surface area contributed by atoms with Crippen LogP contribution in [0.1, 0.15) is 25.3 Å². The first-order valence-electron chi connectivity index (χ1n) is 10.0. The highest BCUT2D eigenvalue weighted by atomic mass is 16.5. The van der Waals surface area contributed by atoms with Crippen molar-refractivity contribution in [2.24, 2.45) is 17.8 Å². The van der Waals surface area contributed by atoms with E-state index in [0.717, 1.165) is 31.8 Å². The molecule has 1 aromatic carbocycles. The van der Waals surface area contributed by atoms with Crippen molar-refractivity contribution < 1.29 is 14.6 Å². The lowest BCUT2D eigenvalue weighted by molar-refractivity contribution is -0.154. The number of carbonyl (C=O) groups is 1. The molecule has 138 valence electrons. The number of anilines is 1. The second-order valence-electron chi connectivity index (χ2n) is 8.95. The molecule has 26 heavy (non-hydrogen) atoms. The predicted octanol–water partition coefficient (Wildman–Crippen LogP) is 1.39. The SMILES string of the molecule is CC1OCC2C3CC4N(CCC45c4ccccc4N(C(=O)CO)C25)CC13. The number of amides is 1. The Bertz CT molecular complexity index is 782. The third-order valence-electron chi connectivity index (χ3n) is 8.32. The van der Waals surface area contributed by atoms with Crippen LogP contribution in [-0.2, 0) is 14.9 Å². The van der Waals surface area contributed by atoms with Crippen LogP contribution in [0.5, 0.6) is 0 Å². The zero-order valence-corrected chi connectivity index (χ0v) is 15.2. The number of ether oxygens (including phenoxy) is 1. The van der Waals surface area contributed by atoms with Crippen LogP contribution in [0.2, 0.25) is 0 Å². The van der Waals surface area contributed by atoms with E-state index >= 15 is 0 Å². The fourth-order valence-electron chi connectivity index (χ4n) is 7.43. The minimum Gasteiger partial charge on any atom is -0.387 e. The lowest BCUT2D eigenvalue weighted by Gasteiger charge is -2.60. The molecule has 5 aliphatic rings. The summed E-state index contributed by atoms with van der Waals surface area (Å²) in [6.07, 6.45) is 2.64. The predicted molar refractivity (Wildman–Crippen MR) is 97.0 cm³/mol. The first-order valence-corrected chi connectivity index (χ1v) is 10.0. The van der Waals surface area contributed by atoms with E-state index in [-0.39, 0.29) is 17.4 Å². The van der Waals surface area contributed by atoms with Gasteiger partial charge in [0.25, 0.3) is 5.91 Å². The van der Waals surface area contributed by atoms with E-state index in [1.54, 1.807) is 0 Å². The number of benzene rings is 1. The molecule has 1 aliphatic carbocycles. The van der Waals surface area contributed by atoms with E-state index in [4.69, 9.17) is 4.74 Å². The second kappa shape index (κ2) is 5.09. The van der Waals surface area contributed by atoms with E-state index in [9.17, 15) is 9.90 Å².